The van der Waals surface area contributed by atoms with Gasteiger partial charge in [0.25, 0.3) is 0 Å². The Kier molecular flexibility index (Phi) is 3.90. The Bertz CT molecular complexity index is 661. The van der Waals surface area contributed by atoms with E-state index in [1.54, 1.807) is 22.8 Å². The molecule has 0 unspecified atom stereocenters. The van der Waals surface area contributed by atoms with Crippen molar-refractivity contribution in [1.29, 1.82) is 0 Å². The molecule has 20 heavy (non-hydrogen) atoms. The second-order valence-corrected chi connectivity index (χ2v) is 5.64. The van der Waals surface area contributed by atoms with Gasteiger partial charge in [-0.3, -0.25) is 4.79 Å². The summed E-state index contributed by atoms with van der Waals surface area (Å²) in [7, 11) is 0. The Morgan fingerprint density at radius 3 is 2.60 bits per heavy atom. The van der Waals surface area contributed by atoms with Crippen molar-refractivity contribution in [3.8, 4) is 0 Å². The molecular formula is C13H12BrF3N2O. The van der Waals surface area contributed by atoms with Crippen molar-refractivity contribution in [3.05, 3.63) is 28.5 Å². The lowest BCUT2D eigenvalue weighted by atomic mass is 10.2. The summed E-state index contributed by atoms with van der Waals surface area (Å²) < 4.78 is 39.6. The fourth-order valence-electron chi connectivity index (χ4n) is 2.07. The zero-order valence-electron chi connectivity index (χ0n) is 10.8. The van der Waals surface area contributed by atoms with E-state index in [0.717, 1.165) is 4.47 Å². The predicted molar refractivity (Wildman–Crippen MR) is 72.6 cm³/mol. The normalized spacial score (nSPS) is 12.3. The fraction of sp³-hybridized carbons (Fsp3) is 0.385. The standard InChI is InChI=1S/C13H12BrF3N2O/c1-7(2)19-10-4-3-8(14)5-9(10)18-12(19)6-11(20)13(15,16)17/h3-5,7H,6H2,1-2H3. The van der Waals surface area contributed by atoms with Gasteiger partial charge in [0.2, 0.25) is 5.78 Å². The third-order valence-electron chi connectivity index (χ3n) is 2.88. The molecular weight excluding hydrogens is 337 g/mol. The maximum atomic E-state index is 12.4. The van der Waals surface area contributed by atoms with Crippen molar-refractivity contribution >= 4 is 32.7 Å². The van der Waals surface area contributed by atoms with Gasteiger partial charge in [0, 0.05) is 10.5 Å². The van der Waals surface area contributed by atoms with Crippen LogP contribution in [0.5, 0.6) is 0 Å². The Labute approximate surface area is 121 Å². The highest BCUT2D eigenvalue weighted by Gasteiger charge is 2.39. The first kappa shape index (κ1) is 15.0. The van der Waals surface area contributed by atoms with Crippen LogP contribution in [0.15, 0.2) is 22.7 Å². The van der Waals surface area contributed by atoms with Gasteiger partial charge in [-0.25, -0.2) is 4.98 Å². The average Bonchev–Trinajstić information content (AvgIpc) is 2.64. The van der Waals surface area contributed by atoms with Crippen LogP contribution >= 0.6 is 15.9 Å². The van der Waals surface area contributed by atoms with E-state index in [9.17, 15) is 18.0 Å². The lowest BCUT2D eigenvalue weighted by Crippen LogP contribution is -2.26. The maximum Gasteiger partial charge on any atom is 0.450 e. The van der Waals surface area contributed by atoms with E-state index in [1.165, 1.54) is 0 Å². The van der Waals surface area contributed by atoms with Gasteiger partial charge in [-0.05, 0) is 32.0 Å². The van der Waals surface area contributed by atoms with Gasteiger partial charge in [0.1, 0.15) is 5.82 Å². The molecule has 0 aliphatic heterocycles. The molecule has 3 nitrogen and oxygen atoms in total. The molecule has 1 aromatic heterocycles. The third-order valence-corrected chi connectivity index (χ3v) is 3.37. The molecule has 1 aromatic carbocycles. The zero-order chi connectivity index (χ0) is 15.1. The molecule has 0 aliphatic rings. The number of hydrogen-bond donors (Lipinski definition) is 0. The number of ketones is 1. The highest BCUT2D eigenvalue weighted by atomic mass is 79.9. The van der Waals surface area contributed by atoms with Crippen molar-refractivity contribution in [1.82, 2.24) is 9.55 Å². The first-order valence-electron chi connectivity index (χ1n) is 5.96. The minimum atomic E-state index is -4.83. The predicted octanol–water partition coefficient (Wildman–Crippen LogP) is 4.05. The van der Waals surface area contributed by atoms with E-state index in [4.69, 9.17) is 0 Å². The van der Waals surface area contributed by atoms with Gasteiger partial charge < -0.3 is 4.57 Å². The van der Waals surface area contributed by atoms with Gasteiger partial charge in [0.05, 0.1) is 17.5 Å². The molecule has 1 heterocycles. The van der Waals surface area contributed by atoms with Crippen molar-refractivity contribution in [2.45, 2.75) is 32.5 Å². The summed E-state index contributed by atoms with van der Waals surface area (Å²) >= 11 is 3.29. The zero-order valence-corrected chi connectivity index (χ0v) is 12.4. The molecule has 0 saturated heterocycles. The van der Waals surface area contributed by atoms with Crippen molar-refractivity contribution in [3.63, 3.8) is 0 Å². The van der Waals surface area contributed by atoms with E-state index >= 15 is 0 Å². The molecule has 0 bridgehead atoms. The molecule has 2 rings (SSSR count). The molecule has 7 heteroatoms. The Morgan fingerprint density at radius 1 is 1.40 bits per heavy atom. The molecule has 0 N–H and O–H groups in total. The summed E-state index contributed by atoms with van der Waals surface area (Å²) in [6, 6.07) is 5.19. The van der Waals surface area contributed by atoms with E-state index in [2.05, 4.69) is 20.9 Å². The molecule has 0 atom stereocenters. The number of aromatic nitrogens is 2. The molecule has 0 amide bonds. The molecule has 0 saturated carbocycles. The number of rotatable bonds is 3. The summed E-state index contributed by atoms with van der Waals surface area (Å²) in [6.07, 6.45) is -5.57. The van der Waals surface area contributed by atoms with E-state index < -0.39 is 18.4 Å². The van der Waals surface area contributed by atoms with Gasteiger partial charge in [-0.15, -0.1) is 0 Å². The van der Waals surface area contributed by atoms with Crippen LogP contribution in [0, 0.1) is 0 Å². The number of halogens is 4. The third kappa shape index (κ3) is 2.87. The fourth-order valence-corrected chi connectivity index (χ4v) is 2.42. The molecule has 108 valence electrons. The number of imidazole rings is 1. The topological polar surface area (TPSA) is 34.9 Å². The molecule has 2 aromatic rings. The number of alkyl halides is 3. The van der Waals surface area contributed by atoms with Gasteiger partial charge >= 0.3 is 6.18 Å². The van der Waals surface area contributed by atoms with Crippen LogP contribution in [0.3, 0.4) is 0 Å². The summed E-state index contributed by atoms with van der Waals surface area (Å²) in [4.78, 5) is 15.3. The summed E-state index contributed by atoms with van der Waals surface area (Å²) in [6.45, 7) is 3.68. The second kappa shape index (κ2) is 5.20. The SMILES string of the molecule is CC(C)n1c(CC(=O)C(F)(F)F)nc2cc(Br)ccc21. The van der Waals surface area contributed by atoms with Crippen LogP contribution in [0.4, 0.5) is 13.2 Å². The average molecular weight is 349 g/mol. The largest absolute Gasteiger partial charge is 0.450 e. The van der Waals surface area contributed by atoms with Crippen LogP contribution in [-0.2, 0) is 11.2 Å². The van der Waals surface area contributed by atoms with Crippen LogP contribution in [0.25, 0.3) is 11.0 Å². The molecule has 0 radical (unpaired) electrons. The van der Waals surface area contributed by atoms with Crippen LogP contribution in [0.1, 0.15) is 25.7 Å². The Morgan fingerprint density at radius 2 is 2.05 bits per heavy atom. The second-order valence-electron chi connectivity index (χ2n) is 4.72. The van der Waals surface area contributed by atoms with Crippen molar-refractivity contribution < 1.29 is 18.0 Å². The van der Waals surface area contributed by atoms with Gasteiger partial charge in [-0.1, -0.05) is 15.9 Å². The summed E-state index contributed by atoms with van der Waals surface area (Å²) in [5.74, 6) is -1.65. The number of nitrogens with zero attached hydrogens (tertiary/aromatic N) is 2. The quantitative estimate of drug-likeness (QED) is 0.838. The monoisotopic (exact) mass is 348 g/mol. The maximum absolute atomic E-state index is 12.4. The van der Waals surface area contributed by atoms with E-state index in [-0.39, 0.29) is 11.9 Å². The van der Waals surface area contributed by atoms with E-state index in [1.807, 2.05) is 13.8 Å². The minimum absolute atomic E-state index is 0.0859. The van der Waals surface area contributed by atoms with Crippen LogP contribution in [0.2, 0.25) is 0 Å². The molecule has 0 fully saturated rings. The number of carbonyl (C=O) groups is 1. The number of Topliss-reactive ketones (excluding diaryl/α,β-unsaturated/α-hetero) is 1. The summed E-state index contributed by atoms with van der Waals surface area (Å²) in [5.41, 5.74) is 1.28. The Hall–Kier alpha value is -1.37. The number of carbonyl (C=O) groups excluding carboxylic acids is 1. The highest BCUT2D eigenvalue weighted by molar-refractivity contribution is 9.10. The smallest absolute Gasteiger partial charge is 0.325 e. The molecule has 0 aliphatic carbocycles. The first-order valence-corrected chi connectivity index (χ1v) is 6.76. The van der Waals surface area contributed by atoms with Gasteiger partial charge in [0.15, 0.2) is 0 Å². The number of fused-ring (bicyclic) bond motifs is 1. The summed E-state index contributed by atoms with van der Waals surface area (Å²) in [5, 5.41) is 0. The van der Waals surface area contributed by atoms with Gasteiger partial charge in [-0.2, -0.15) is 13.2 Å². The number of hydrogen-bond acceptors (Lipinski definition) is 2. The van der Waals surface area contributed by atoms with Crippen molar-refractivity contribution in [2.24, 2.45) is 0 Å². The van der Waals surface area contributed by atoms with E-state index in [0.29, 0.717) is 11.0 Å². The Balaban J connectivity index is 2.52. The lowest BCUT2D eigenvalue weighted by Gasteiger charge is -2.13. The first-order chi connectivity index (χ1) is 9.20. The van der Waals surface area contributed by atoms with Crippen molar-refractivity contribution in [2.75, 3.05) is 0 Å². The molecule has 0 spiro atoms. The number of benzene rings is 1. The van der Waals surface area contributed by atoms with Crippen LogP contribution < -0.4 is 0 Å². The van der Waals surface area contributed by atoms with Crippen LogP contribution in [-0.4, -0.2) is 21.5 Å². The highest BCUT2D eigenvalue weighted by Crippen LogP contribution is 2.26. The minimum Gasteiger partial charge on any atom is -0.325 e. The lowest BCUT2D eigenvalue weighted by molar-refractivity contribution is -0.170.